The van der Waals surface area contributed by atoms with Gasteiger partial charge in [-0.05, 0) is 18.1 Å². The summed E-state index contributed by atoms with van der Waals surface area (Å²) in [6.45, 7) is 0.743. The molecule has 3 rings (SSSR count). The summed E-state index contributed by atoms with van der Waals surface area (Å²) in [5.74, 6) is -3.07. The summed E-state index contributed by atoms with van der Waals surface area (Å²) in [4.78, 5) is 15.6. The first-order valence-electron chi connectivity index (χ1n) is 7.69. The Morgan fingerprint density at radius 3 is 2.70 bits per heavy atom. The van der Waals surface area contributed by atoms with Crippen LogP contribution in [0, 0.1) is 16.7 Å². The number of benzene rings is 1. The van der Waals surface area contributed by atoms with E-state index in [1.165, 1.54) is 0 Å². The molecule has 1 atom stereocenters. The number of piperidine rings is 1. The molecule has 0 aromatic heterocycles. The summed E-state index contributed by atoms with van der Waals surface area (Å²) in [6.07, 6.45) is 0.0912. The molecule has 1 unspecified atom stereocenters. The fraction of sp³-hybridized carbons (Fsp3) is 0.529. The molecule has 0 N–H and O–H groups in total. The van der Waals surface area contributed by atoms with Crippen LogP contribution in [-0.4, -0.2) is 48.3 Å². The summed E-state index contributed by atoms with van der Waals surface area (Å²) in [6, 6.07) is 9.10. The van der Waals surface area contributed by atoms with Crippen molar-refractivity contribution < 1.29 is 13.6 Å². The van der Waals surface area contributed by atoms with Crippen molar-refractivity contribution in [3.63, 3.8) is 0 Å². The van der Waals surface area contributed by atoms with Gasteiger partial charge in [0.05, 0.1) is 23.6 Å². The van der Waals surface area contributed by atoms with Crippen molar-refractivity contribution >= 4 is 5.91 Å². The number of amides is 1. The number of likely N-dealkylation sites (tertiary alicyclic amines) is 2. The fourth-order valence-electron chi connectivity index (χ4n) is 3.84. The molecule has 0 saturated carbocycles. The van der Waals surface area contributed by atoms with Gasteiger partial charge < -0.3 is 4.90 Å². The third-order valence-electron chi connectivity index (χ3n) is 4.84. The van der Waals surface area contributed by atoms with E-state index < -0.39 is 11.3 Å². The minimum atomic E-state index is -2.89. The lowest BCUT2D eigenvalue weighted by atomic mass is 9.77. The van der Waals surface area contributed by atoms with E-state index in [9.17, 15) is 13.6 Å². The second-order valence-corrected chi connectivity index (χ2v) is 6.70. The van der Waals surface area contributed by atoms with Gasteiger partial charge in [0.2, 0.25) is 5.91 Å². The zero-order valence-electron chi connectivity index (χ0n) is 13.1. The molecule has 2 aliphatic heterocycles. The largest absolute Gasteiger partial charge is 0.345 e. The van der Waals surface area contributed by atoms with Crippen molar-refractivity contribution in [2.45, 2.75) is 25.3 Å². The highest BCUT2D eigenvalue weighted by Crippen LogP contribution is 2.45. The van der Waals surface area contributed by atoms with Crippen molar-refractivity contribution in [2.24, 2.45) is 5.41 Å². The summed E-state index contributed by atoms with van der Waals surface area (Å²) >= 11 is 0. The number of rotatable bonds is 2. The number of hydrogen-bond acceptors (Lipinski definition) is 3. The molecule has 0 radical (unpaired) electrons. The van der Waals surface area contributed by atoms with Gasteiger partial charge in [0, 0.05) is 33.1 Å². The van der Waals surface area contributed by atoms with E-state index >= 15 is 0 Å². The third-order valence-corrected chi connectivity index (χ3v) is 4.84. The predicted octanol–water partition coefficient (Wildman–Crippen LogP) is 2.25. The van der Waals surface area contributed by atoms with Crippen LogP contribution in [0.3, 0.4) is 0 Å². The van der Waals surface area contributed by atoms with Crippen LogP contribution in [0.15, 0.2) is 24.3 Å². The lowest BCUT2D eigenvalue weighted by Gasteiger charge is -2.42. The lowest BCUT2D eigenvalue weighted by molar-refractivity contribution is -0.154. The maximum atomic E-state index is 14.3. The Morgan fingerprint density at radius 2 is 2.04 bits per heavy atom. The van der Waals surface area contributed by atoms with Crippen molar-refractivity contribution in [3.05, 3.63) is 35.4 Å². The standard InChI is InChI=1S/C17H19F2N3O/c1-21-7-6-16(15(21)23)10-17(18,19)12-22(11-16)9-14-5-3-2-4-13(14)8-20/h2-5H,6-7,9-12H2,1H3. The Balaban J connectivity index is 1.86. The van der Waals surface area contributed by atoms with Crippen molar-refractivity contribution in [2.75, 3.05) is 26.7 Å². The Morgan fingerprint density at radius 1 is 1.30 bits per heavy atom. The monoisotopic (exact) mass is 319 g/mol. The number of halogens is 2. The van der Waals surface area contributed by atoms with E-state index in [0.29, 0.717) is 25.1 Å². The molecular weight excluding hydrogens is 300 g/mol. The first-order valence-corrected chi connectivity index (χ1v) is 7.69. The van der Waals surface area contributed by atoms with Crippen LogP contribution in [0.1, 0.15) is 24.0 Å². The lowest BCUT2D eigenvalue weighted by Crippen LogP contribution is -2.55. The van der Waals surface area contributed by atoms with Crippen LogP contribution in [-0.2, 0) is 11.3 Å². The molecular formula is C17H19F2N3O. The highest BCUT2D eigenvalue weighted by atomic mass is 19.3. The minimum Gasteiger partial charge on any atom is -0.345 e. The molecule has 6 heteroatoms. The topological polar surface area (TPSA) is 47.3 Å². The van der Waals surface area contributed by atoms with Crippen LogP contribution in [0.2, 0.25) is 0 Å². The van der Waals surface area contributed by atoms with E-state index in [0.717, 1.165) is 5.56 Å². The molecule has 2 aliphatic rings. The SMILES string of the molecule is CN1CCC2(CN(Cc3ccccc3C#N)CC(F)(F)C2)C1=O. The number of nitriles is 1. The van der Waals surface area contributed by atoms with E-state index in [-0.39, 0.29) is 25.4 Å². The fourth-order valence-corrected chi connectivity index (χ4v) is 3.84. The molecule has 2 heterocycles. The maximum Gasteiger partial charge on any atom is 0.261 e. The van der Waals surface area contributed by atoms with Crippen molar-refractivity contribution in [1.82, 2.24) is 9.80 Å². The molecule has 23 heavy (non-hydrogen) atoms. The van der Waals surface area contributed by atoms with Gasteiger partial charge in [-0.3, -0.25) is 9.69 Å². The van der Waals surface area contributed by atoms with Crippen LogP contribution in [0.5, 0.6) is 0 Å². The minimum absolute atomic E-state index is 0.185. The predicted molar refractivity (Wildman–Crippen MR) is 80.7 cm³/mol. The van der Waals surface area contributed by atoms with Crippen LogP contribution < -0.4 is 0 Å². The zero-order valence-corrected chi connectivity index (χ0v) is 13.1. The number of nitrogens with zero attached hydrogens (tertiary/aromatic N) is 3. The van der Waals surface area contributed by atoms with Gasteiger partial charge in [-0.15, -0.1) is 0 Å². The van der Waals surface area contributed by atoms with E-state index in [1.54, 1.807) is 41.1 Å². The first-order chi connectivity index (χ1) is 10.9. The van der Waals surface area contributed by atoms with Gasteiger partial charge in [-0.25, -0.2) is 8.78 Å². The third kappa shape index (κ3) is 2.93. The van der Waals surface area contributed by atoms with Gasteiger partial charge in [0.15, 0.2) is 0 Å². The van der Waals surface area contributed by atoms with Crippen molar-refractivity contribution in [3.8, 4) is 6.07 Å². The van der Waals surface area contributed by atoms with Crippen LogP contribution in [0.25, 0.3) is 0 Å². The molecule has 1 spiro atoms. The van der Waals surface area contributed by atoms with Gasteiger partial charge >= 0.3 is 0 Å². The Hall–Kier alpha value is -2.00. The molecule has 122 valence electrons. The Bertz CT molecular complexity index is 670. The molecule has 1 aromatic carbocycles. The van der Waals surface area contributed by atoms with E-state index in [2.05, 4.69) is 6.07 Å². The molecule has 4 nitrogen and oxygen atoms in total. The molecule has 1 aromatic rings. The van der Waals surface area contributed by atoms with Gasteiger partial charge in [-0.1, -0.05) is 18.2 Å². The number of carbonyl (C=O) groups is 1. The first kappa shape index (κ1) is 15.9. The summed E-state index contributed by atoms with van der Waals surface area (Å²) < 4.78 is 28.5. The highest BCUT2D eigenvalue weighted by Gasteiger charge is 2.56. The number of hydrogen-bond donors (Lipinski definition) is 0. The van der Waals surface area contributed by atoms with E-state index in [1.807, 2.05) is 0 Å². The summed E-state index contributed by atoms with van der Waals surface area (Å²) in [5, 5.41) is 9.15. The second-order valence-electron chi connectivity index (χ2n) is 6.70. The maximum absolute atomic E-state index is 14.3. The molecule has 2 saturated heterocycles. The Labute approximate surface area is 134 Å². The quantitative estimate of drug-likeness (QED) is 0.840. The number of alkyl halides is 2. The smallest absolute Gasteiger partial charge is 0.261 e. The van der Waals surface area contributed by atoms with Crippen LogP contribution >= 0.6 is 0 Å². The second kappa shape index (κ2) is 5.57. The van der Waals surface area contributed by atoms with Crippen LogP contribution in [0.4, 0.5) is 8.78 Å². The average Bonchev–Trinajstić information content (AvgIpc) is 2.74. The Kier molecular flexibility index (Phi) is 3.85. The van der Waals surface area contributed by atoms with Gasteiger partial charge in [-0.2, -0.15) is 5.26 Å². The van der Waals surface area contributed by atoms with E-state index in [4.69, 9.17) is 5.26 Å². The summed E-state index contributed by atoms with van der Waals surface area (Å²) in [5.41, 5.74) is 0.227. The summed E-state index contributed by atoms with van der Waals surface area (Å²) in [7, 11) is 1.67. The normalized spacial score (nSPS) is 27.4. The zero-order chi connectivity index (χ0) is 16.7. The molecule has 0 aliphatic carbocycles. The van der Waals surface area contributed by atoms with Gasteiger partial charge in [0.1, 0.15) is 0 Å². The van der Waals surface area contributed by atoms with Crippen molar-refractivity contribution in [1.29, 1.82) is 5.26 Å². The molecule has 2 fully saturated rings. The molecule has 1 amide bonds. The average molecular weight is 319 g/mol. The highest BCUT2D eigenvalue weighted by molar-refractivity contribution is 5.85. The molecule has 0 bridgehead atoms. The van der Waals surface area contributed by atoms with Gasteiger partial charge in [0.25, 0.3) is 5.92 Å². The number of carbonyl (C=O) groups excluding carboxylic acids is 1.